The summed E-state index contributed by atoms with van der Waals surface area (Å²) in [5.41, 5.74) is 0.869. The standard InChI is InChI=1S/C15H19ClN4O2S/c1-4-22-14(21)11-9(2)10-12(17-15(16)18-13(10)23-11)20-7-5-19(3)6-8-20/h4-8H2,1-3H3. The second-order valence-corrected chi connectivity index (χ2v) is 6.90. The Morgan fingerprint density at radius 1 is 1.30 bits per heavy atom. The van der Waals surface area contributed by atoms with Crippen molar-refractivity contribution in [2.75, 3.05) is 44.7 Å². The van der Waals surface area contributed by atoms with Crippen LogP contribution in [-0.2, 0) is 4.74 Å². The van der Waals surface area contributed by atoms with Gasteiger partial charge in [-0.2, -0.15) is 4.98 Å². The molecule has 0 unspecified atom stereocenters. The summed E-state index contributed by atoms with van der Waals surface area (Å²) in [5, 5.41) is 1.12. The molecule has 0 N–H and O–H groups in total. The number of ether oxygens (including phenoxy) is 1. The zero-order valence-electron chi connectivity index (χ0n) is 13.4. The number of fused-ring (bicyclic) bond motifs is 1. The highest BCUT2D eigenvalue weighted by Crippen LogP contribution is 2.36. The summed E-state index contributed by atoms with van der Waals surface area (Å²) >= 11 is 7.42. The maximum Gasteiger partial charge on any atom is 0.348 e. The number of anilines is 1. The average molecular weight is 355 g/mol. The Labute approximate surface area is 144 Å². The predicted octanol–water partition coefficient (Wildman–Crippen LogP) is 2.58. The maximum atomic E-state index is 12.1. The van der Waals surface area contributed by atoms with E-state index in [1.807, 2.05) is 6.92 Å². The third-order valence-corrected chi connectivity index (χ3v) is 5.34. The molecule has 23 heavy (non-hydrogen) atoms. The van der Waals surface area contributed by atoms with Crippen LogP contribution in [0.1, 0.15) is 22.2 Å². The van der Waals surface area contributed by atoms with Crippen LogP contribution in [0.5, 0.6) is 0 Å². The van der Waals surface area contributed by atoms with Gasteiger partial charge in [0.15, 0.2) is 0 Å². The summed E-state index contributed by atoms with van der Waals surface area (Å²) in [6, 6.07) is 0. The molecule has 1 saturated heterocycles. The van der Waals surface area contributed by atoms with Crippen LogP contribution in [-0.4, -0.2) is 60.7 Å². The second kappa shape index (κ2) is 6.59. The quantitative estimate of drug-likeness (QED) is 0.623. The number of piperazine rings is 1. The highest BCUT2D eigenvalue weighted by atomic mass is 35.5. The Morgan fingerprint density at radius 2 is 2.00 bits per heavy atom. The Balaban J connectivity index is 2.08. The average Bonchev–Trinajstić information content (AvgIpc) is 2.84. The van der Waals surface area contributed by atoms with Crippen molar-refractivity contribution in [2.45, 2.75) is 13.8 Å². The van der Waals surface area contributed by atoms with E-state index in [-0.39, 0.29) is 11.3 Å². The van der Waals surface area contributed by atoms with Crippen LogP contribution in [0.3, 0.4) is 0 Å². The van der Waals surface area contributed by atoms with Crippen molar-refractivity contribution in [3.63, 3.8) is 0 Å². The van der Waals surface area contributed by atoms with Gasteiger partial charge >= 0.3 is 5.97 Å². The summed E-state index contributed by atoms with van der Waals surface area (Å²) in [5.74, 6) is 0.505. The van der Waals surface area contributed by atoms with Crippen molar-refractivity contribution >= 4 is 44.9 Å². The molecule has 1 aliphatic heterocycles. The molecule has 0 radical (unpaired) electrons. The number of carbonyl (C=O) groups is 1. The lowest BCUT2D eigenvalue weighted by Crippen LogP contribution is -2.45. The number of aromatic nitrogens is 2. The number of thiophene rings is 1. The van der Waals surface area contributed by atoms with E-state index in [4.69, 9.17) is 16.3 Å². The number of aryl methyl sites for hydroxylation is 1. The molecule has 2 aromatic heterocycles. The Kier molecular flexibility index (Phi) is 4.70. The minimum Gasteiger partial charge on any atom is -0.462 e. The van der Waals surface area contributed by atoms with Gasteiger partial charge in [0.05, 0.1) is 12.0 Å². The third-order valence-electron chi connectivity index (χ3n) is 4.01. The summed E-state index contributed by atoms with van der Waals surface area (Å²) in [4.78, 5) is 26.7. The fourth-order valence-corrected chi connectivity index (χ4v) is 4.01. The van der Waals surface area contributed by atoms with Crippen molar-refractivity contribution in [1.29, 1.82) is 0 Å². The number of halogens is 1. The largest absolute Gasteiger partial charge is 0.462 e. The lowest BCUT2D eigenvalue weighted by Gasteiger charge is -2.33. The highest BCUT2D eigenvalue weighted by Gasteiger charge is 2.25. The minimum atomic E-state index is -0.312. The van der Waals surface area contributed by atoms with Gasteiger partial charge in [-0.15, -0.1) is 11.3 Å². The summed E-state index contributed by atoms with van der Waals surface area (Å²) in [7, 11) is 2.11. The van der Waals surface area contributed by atoms with E-state index in [1.165, 1.54) is 11.3 Å². The van der Waals surface area contributed by atoms with E-state index < -0.39 is 0 Å². The molecule has 0 bridgehead atoms. The number of carbonyl (C=O) groups excluding carboxylic acids is 1. The van der Waals surface area contributed by atoms with Crippen molar-refractivity contribution in [1.82, 2.24) is 14.9 Å². The Morgan fingerprint density at radius 3 is 2.65 bits per heavy atom. The smallest absolute Gasteiger partial charge is 0.348 e. The molecule has 124 valence electrons. The molecule has 8 heteroatoms. The van der Waals surface area contributed by atoms with Gasteiger partial charge in [-0.05, 0) is 38.1 Å². The lowest BCUT2D eigenvalue weighted by molar-refractivity contribution is 0.0531. The van der Waals surface area contributed by atoms with Gasteiger partial charge in [0.25, 0.3) is 0 Å². The number of nitrogens with zero attached hydrogens (tertiary/aromatic N) is 4. The summed E-state index contributed by atoms with van der Waals surface area (Å²) in [6.07, 6.45) is 0. The van der Waals surface area contributed by atoms with Gasteiger partial charge in [0, 0.05) is 26.2 Å². The molecule has 0 aliphatic carbocycles. The fourth-order valence-electron chi connectivity index (χ4n) is 2.73. The first kappa shape index (κ1) is 16.4. The van der Waals surface area contributed by atoms with Gasteiger partial charge in [0.1, 0.15) is 15.5 Å². The highest BCUT2D eigenvalue weighted by molar-refractivity contribution is 7.20. The van der Waals surface area contributed by atoms with Crippen molar-refractivity contribution < 1.29 is 9.53 Å². The second-order valence-electron chi connectivity index (χ2n) is 5.56. The molecule has 1 aliphatic rings. The lowest BCUT2D eigenvalue weighted by atomic mass is 10.2. The zero-order valence-corrected chi connectivity index (χ0v) is 15.0. The summed E-state index contributed by atoms with van der Waals surface area (Å²) in [6.45, 7) is 7.76. The fraction of sp³-hybridized carbons (Fsp3) is 0.533. The van der Waals surface area contributed by atoms with E-state index in [0.29, 0.717) is 11.5 Å². The topological polar surface area (TPSA) is 58.6 Å². The molecule has 0 spiro atoms. The normalized spacial score (nSPS) is 16.1. The molecule has 3 rings (SSSR count). The van der Waals surface area contributed by atoms with Gasteiger partial charge in [-0.25, -0.2) is 9.78 Å². The van der Waals surface area contributed by atoms with Gasteiger partial charge in [-0.1, -0.05) is 0 Å². The molecule has 0 amide bonds. The first-order valence-corrected chi connectivity index (χ1v) is 8.78. The van der Waals surface area contributed by atoms with Crippen LogP contribution in [0.15, 0.2) is 0 Å². The molecule has 0 atom stereocenters. The van der Waals surface area contributed by atoms with Crippen LogP contribution in [0.25, 0.3) is 10.2 Å². The van der Waals surface area contributed by atoms with E-state index in [1.54, 1.807) is 6.92 Å². The number of hydrogen-bond donors (Lipinski definition) is 0. The molecule has 1 fully saturated rings. The number of esters is 1. The first-order valence-electron chi connectivity index (χ1n) is 7.58. The van der Waals surface area contributed by atoms with E-state index in [9.17, 15) is 4.79 Å². The zero-order chi connectivity index (χ0) is 16.6. The van der Waals surface area contributed by atoms with Gasteiger partial charge in [0.2, 0.25) is 5.28 Å². The van der Waals surface area contributed by atoms with Gasteiger partial charge < -0.3 is 14.5 Å². The van der Waals surface area contributed by atoms with E-state index in [0.717, 1.165) is 47.8 Å². The molecule has 3 heterocycles. The SMILES string of the molecule is CCOC(=O)c1sc2nc(Cl)nc(N3CCN(C)CC3)c2c1C. The van der Waals surface area contributed by atoms with E-state index in [2.05, 4.69) is 26.8 Å². The minimum absolute atomic E-state index is 0.211. The molecule has 6 nitrogen and oxygen atoms in total. The summed E-state index contributed by atoms with van der Waals surface area (Å²) < 4.78 is 5.14. The van der Waals surface area contributed by atoms with Crippen LogP contribution in [0.2, 0.25) is 5.28 Å². The Bertz CT molecular complexity index is 741. The molecular weight excluding hydrogens is 336 g/mol. The van der Waals surface area contributed by atoms with Crippen LogP contribution < -0.4 is 4.90 Å². The van der Waals surface area contributed by atoms with E-state index >= 15 is 0 Å². The van der Waals surface area contributed by atoms with Crippen LogP contribution in [0, 0.1) is 6.92 Å². The van der Waals surface area contributed by atoms with Crippen molar-refractivity contribution in [3.05, 3.63) is 15.7 Å². The molecular formula is C15H19ClN4O2S. The number of rotatable bonds is 3. The van der Waals surface area contributed by atoms with Crippen LogP contribution in [0.4, 0.5) is 5.82 Å². The monoisotopic (exact) mass is 354 g/mol. The Hall–Kier alpha value is -1.44. The van der Waals surface area contributed by atoms with Crippen LogP contribution >= 0.6 is 22.9 Å². The predicted molar refractivity (Wildman–Crippen MR) is 92.8 cm³/mol. The number of hydrogen-bond acceptors (Lipinski definition) is 7. The number of likely N-dealkylation sites (N-methyl/N-ethyl adjacent to an activating group) is 1. The van der Waals surface area contributed by atoms with Gasteiger partial charge in [-0.3, -0.25) is 0 Å². The third kappa shape index (κ3) is 3.13. The van der Waals surface area contributed by atoms with Crippen molar-refractivity contribution in [3.8, 4) is 0 Å². The molecule has 0 aromatic carbocycles. The molecule has 0 saturated carbocycles. The maximum absolute atomic E-state index is 12.1. The van der Waals surface area contributed by atoms with Crippen molar-refractivity contribution in [2.24, 2.45) is 0 Å². The molecule has 2 aromatic rings. The first-order chi connectivity index (χ1) is 11.0.